The molecule has 1 fully saturated rings. The first kappa shape index (κ1) is 16.5. The SMILES string of the molecule is CC(C)(C)OC(=O)N1CCNCC1.COSC. The minimum atomic E-state index is -0.387. The molecule has 0 saturated carbocycles. The van der Waals surface area contributed by atoms with Gasteiger partial charge >= 0.3 is 6.09 Å². The van der Waals surface area contributed by atoms with Crippen LogP contribution in [0.2, 0.25) is 0 Å². The summed E-state index contributed by atoms with van der Waals surface area (Å²) < 4.78 is 9.69. The highest BCUT2D eigenvalue weighted by atomic mass is 32.2. The molecule has 0 aromatic rings. The quantitative estimate of drug-likeness (QED) is 0.731. The van der Waals surface area contributed by atoms with Gasteiger partial charge < -0.3 is 19.1 Å². The van der Waals surface area contributed by atoms with Gasteiger partial charge in [0.2, 0.25) is 0 Å². The second-order valence-corrected chi connectivity index (χ2v) is 5.22. The summed E-state index contributed by atoms with van der Waals surface area (Å²) in [7, 11) is 1.64. The van der Waals surface area contributed by atoms with Gasteiger partial charge in [-0.1, -0.05) is 0 Å². The van der Waals surface area contributed by atoms with E-state index in [1.54, 1.807) is 12.0 Å². The fourth-order valence-corrected chi connectivity index (χ4v) is 1.17. The lowest BCUT2D eigenvalue weighted by molar-refractivity contribution is 0.0229. The number of carbonyl (C=O) groups is 1. The number of rotatable bonds is 1. The monoisotopic (exact) mass is 264 g/mol. The highest BCUT2D eigenvalue weighted by molar-refractivity contribution is 7.93. The van der Waals surface area contributed by atoms with Crippen molar-refractivity contribution in [2.45, 2.75) is 26.4 Å². The zero-order valence-corrected chi connectivity index (χ0v) is 12.2. The highest BCUT2D eigenvalue weighted by Crippen LogP contribution is 2.09. The van der Waals surface area contributed by atoms with Crippen molar-refractivity contribution in [3.05, 3.63) is 0 Å². The van der Waals surface area contributed by atoms with Crippen molar-refractivity contribution in [1.82, 2.24) is 10.2 Å². The van der Waals surface area contributed by atoms with Crippen LogP contribution in [0.3, 0.4) is 0 Å². The molecule has 0 unspecified atom stereocenters. The number of hydrogen-bond donors (Lipinski definition) is 1. The Labute approximate surface area is 108 Å². The Morgan fingerprint density at radius 3 is 2.12 bits per heavy atom. The summed E-state index contributed by atoms with van der Waals surface area (Å²) in [5.74, 6) is 0. The van der Waals surface area contributed by atoms with E-state index < -0.39 is 0 Å². The van der Waals surface area contributed by atoms with E-state index in [1.807, 2.05) is 27.0 Å². The Kier molecular flexibility index (Phi) is 8.37. The van der Waals surface area contributed by atoms with Crippen molar-refractivity contribution < 1.29 is 13.7 Å². The number of carbonyl (C=O) groups excluding carboxylic acids is 1. The molecule has 1 amide bonds. The van der Waals surface area contributed by atoms with Gasteiger partial charge in [-0.05, 0) is 32.8 Å². The van der Waals surface area contributed by atoms with Crippen LogP contribution in [0, 0.1) is 0 Å². The summed E-state index contributed by atoms with van der Waals surface area (Å²) in [5, 5.41) is 3.18. The normalized spacial score (nSPS) is 15.9. The molecule has 102 valence electrons. The smallest absolute Gasteiger partial charge is 0.410 e. The third-order valence-electron chi connectivity index (χ3n) is 1.94. The van der Waals surface area contributed by atoms with Crippen molar-refractivity contribution in [2.75, 3.05) is 39.5 Å². The van der Waals surface area contributed by atoms with Crippen molar-refractivity contribution in [3.63, 3.8) is 0 Å². The summed E-state index contributed by atoms with van der Waals surface area (Å²) in [6.45, 7) is 8.86. The summed E-state index contributed by atoms with van der Waals surface area (Å²) >= 11 is 1.36. The van der Waals surface area contributed by atoms with Gasteiger partial charge in [-0.25, -0.2) is 4.79 Å². The molecule has 1 heterocycles. The van der Waals surface area contributed by atoms with Gasteiger partial charge in [-0.2, -0.15) is 0 Å². The van der Waals surface area contributed by atoms with Crippen molar-refractivity contribution in [1.29, 1.82) is 0 Å². The second kappa shape index (κ2) is 8.60. The topological polar surface area (TPSA) is 50.8 Å². The largest absolute Gasteiger partial charge is 0.444 e. The number of nitrogens with zero attached hydrogens (tertiary/aromatic N) is 1. The fraction of sp³-hybridized carbons (Fsp3) is 0.909. The van der Waals surface area contributed by atoms with E-state index in [4.69, 9.17) is 4.74 Å². The van der Waals surface area contributed by atoms with Crippen LogP contribution < -0.4 is 5.32 Å². The third-order valence-corrected chi connectivity index (χ3v) is 2.27. The molecule has 6 heteroatoms. The number of nitrogens with one attached hydrogen (secondary N) is 1. The van der Waals surface area contributed by atoms with Crippen molar-refractivity contribution >= 4 is 18.1 Å². The van der Waals surface area contributed by atoms with Crippen LogP contribution in [0.5, 0.6) is 0 Å². The van der Waals surface area contributed by atoms with Gasteiger partial charge in [-0.3, -0.25) is 0 Å². The number of amides is 1. The Balaban J connectivity index is 0.000000557. The molecule has 0 radical (unpaired) electrons. The van der Waals surface area contributed by atoms with Crippen LogP contribution in [0.25, 0.3) is 0 Å². The van der Waals surface area contributed by atoms with Gasteiger partial charge in [0.05, 0.1) is 7.11 Å². The van der Waals surface area contributed by atoms with E-state index in [-0.39, 0.29) is 11.7 Å². The molecule has 1 rings (SSSR count). The molecule has 1 saturated heterocycles. The molecule has 0 aromatic heterocycles. The van der Waals surface area contributed by atoms with Crippen molar-refractivity contribution in [3.8, 4) is 0 Å². The number of ether oxygens (including phenoxy) is 1. The summed E-state index contributed by atoms with van der Waals surface area (Å²) in [6, 6.07) is 0. The molecular formula is C11H24N2O3S. The van der Waals surface area contributed by atoms with Crippen LogP contribution in [-0.2, 0) is 8.92 Å². The number of hydrogen-bond acceptors (Lipinski definition) is 5. The highest BCUT2D eigenvalue weighted by Gasteiger charge is 2.22. The average Bonchev–Trinajstić information content (AvgIpc) is 2.28. The van der Waals surface area contributed by atoms with Crippen LogP contribution in [0.15, 0.2) is 0 Å². The molecule has 1 N–H and O–H groups in total. The van der Waals surface area contributed by atoms with Gasteiger partial charge in [0, 0.05) is 32.4 Å². The van der Waals surface area contributed by atoms with Gasteiger partial charge in [0.1, 0.15) is 5.60 Å². The van der Waals surface area contributed by atoms with Gasteiger partial charge in [0.25, 0.3) is 0 Å². The Morgan fingerprint density at radius 2 is 1.76 bits per heavy atom. The van der Waals surface area contributed by atoms with E-state index in [9.17, 15) is 4.79 Å². The molecule has 0 aliphatic carbocycles. The van der Waals surface area contributed by atoms with E-state index in [1.165, 1.54) is 12.0 Å². The first-order chi connectivity index (χ1) is 7.90. The zero-order chi connectivity index (χ0) is 13.3. The van der Waals surface area contributed by atoms with E-state index in [2.05, 4.69) is 9.50 Å². The predicted molar refractivity (Wildman–Crippen MR) is 71.2 cm³/mol. The van der Waals surface area contributed by atoms with Crippen LogP contribution in [-0.4, -0.2) is 56.1 Å². The summed E-state index contributed by atoms with van der Waals surface area (Å²) in [5.41, 5.74) is -0.387. The van der Waals surface area contributed by atoms with Crippen molar-refractivity contribution in [2.24, 2.45) is 0 Å². The summed E-state index contributed by atoms with van der Waals surface area (Å²) in [6.07, 6.45) is 1.68. The molecule has 0 atom stereocenters. The maximum Gasteiger partial charge on any atom is 0.410 e. The molecule has 5 nitrogen and oxygen atoms in total. The van der Waals surface area contributed by atoms with Gasteiger partial charge in [0.15, 0.2) is 0 Å². The first-order valence-corrected chi connectivity index (χ1v) is 6.81. The van der Waals surface area contributed by atoms with E-state index in [0.29, 0.717) is 0 Å². The maximum atomic E-state index is 11.5. The predicted octanol–water partition coefficient (Wildman–Crippen LogP) is 1.74. The Bertz CT molecular complexity index is 211. The lowest BCUT2D eigenvalue weighted by Crippen LogP contribution is -2.48. The van der Waals surface area contributed by atoms with Crippen LogP contribution in [0.1, 0.15) is 20.8 Å². The minimum absolute atomic E-state index is 0.200. The third kappa shape index (κ3) is 9.26. The molecule has 1 aliphatic rings. The molecule has 17 heavy (non-hydrogen) atoms. The van der Waals surface area contributed by atoms with E-state index >= 15 is 0 Å². The second-order valence-electron chi connectivity index (χ2n) is 4.55. The standard InChI is InChI=1S/C9H18N2O2.C2H6OS/c1-9(2,3)13-8(12)11-6-4-10-5-7-11;1-3-4-2/h10H,4-7H2,1-3H3;1-2H3. The minimum Gasteiger partial charge on any atom is -0.444 e. The zero-order valence-electron chi connectivity index (χ0n) is 11.4. The lowest BCUT2D eigenvalue weighted by Gasteiger charge is -2.30. The van der Waals surface area contributed by atoms with Crippen LogP contribution >= 0.6 is 12.0 Å². The molecule has 0 bridgehead atoms. The molecule has 1 aliphatic heterocycles. The maximum absolute atomic E-state index is 11.5. The summed E-state index contributed by atoms with van der Waals surface area (Å²) in [4.78, 5) is 13.2. The molecule has 0 spiro atoms. The van der Waals surface area contributed by atoms with E-state index in [0.717, 1.165) is 26.2 Å². The average molecular weight is 264 g/mol. The molecule has 0 aromatic carbocycles. The van der Waals surface area contributed by atoms with Crippen LogP contribution in [0.4, 0.5) is 4.79 Å². The fourth-order valence-electron chi connectivity index (χ4n) is 1.17. The Morgan fingerprint density at radius 1 is 1.29 bits per heavy atom. The first-order valence-electron chi connectivity index (χ1n) is 5.66. The number of piperazine rings is 1. The lowest BCUT2D eigenvalue weighted by atomic mass is 10.2. The Hall–Kier alpha value is -0.460. The molecular weight excluding hydrogens is 240 g/mol. The van der Waals surface area contributed by atoms with Gasteiger partial charge in [-0.15, -0.1) is 0 Å².